The maximum atomic E-state index is 12.4. The van der Waals surface area contributed by atoms with Crippen LogP contribution in [0.5, 0.6) is 0 Å². The lowest BCUT2D eigenvalue weighted by atomic mass is 9.95. The fraction of sp³-hybridized carbons (Fsp3) is 0.294. The van der Waals surface area contributed by atoms with Gasteiger partial charge < -0.3 is 10.2 Å². The molecule has 2 heterocycles. The highest BCUT2D eigenvalue weighted by Gasteiger charge is 2.28. The normalized spacial score (nSPS) is 15.4. The molecule has 0 bridgehead atoms. The molecule has 0 saturated carbocycles. The minimum atomic E-state index is -0.0275. The van der Waals surface area contributed by atoms with Gasteiger partial charge in [0.25, 0.3) is 5.91 Å². The predicted molar refractivity (Wildman–Crippen MR) is 101 cm³/mol. The predicted octanol–water partition coefficient (Wildman–Crippen LogP) is 3.84. The number of rotatable bonds is 3. The zero-order valence-corrected chi connectivity index (χ0v) is 15.5. The Kier molecular flexibility index (Phi) is 5.32. The second-order valence-electron chi connectivity index (χ2n) is 5.54. The number of amides is 2. The summed E-state index contributed by atoms with van der Waals surface area (Å²) in [6.45, 7) is 1.28. The molecule has 2 amide bonds. The Bertz CT molecular complexity index is 694. The highest BCUT2D eigenvalue weighted by molar-refractivity contribution is 14.1. The number of hydrogen-bond acceptors (Lipinski definition) is 3. The van der Waals surface area contributed by atoms with Crippen LogP contribution in [0.25, 0.3) is 0 Å². The first-order valence-electron chi connectivity index (χ1n) is 7.52. The Balaban J connectivity index is 1.54. The van der Waals surface area contributed by atoms with Gasteiger partial charge in [-0.2, -0.15) is 0 Å². The molecule has 0 unspecified atom stereocenters. The first-order valence-corrected chi connectivity index (χ1v) is 9.48. The van der Waals surface area contributed by atoms with Gasteiger partial charge in [-0.15, -0.1) is 11.3 Å². The third kappa shape index (κ3) is 4.11. The van der Waals surface area contributed by atoms with Gasteiger partial charge in [0.15, 0.2) is 0 Å². The third-order valence-electron chi connectivity index (χ3n) is 3.98. The molecule has 120 valence electrons. The van der Waals surface area contributed by atoms with Gasteiger partial charge in [-0.1, -0.05) is 12.1 Å². The van der Waals surface area contributed by atoms with E-state index in [0.29, 0.717) is 25.9 Å². The van der Waals surface area contributed by atoms with Crippen LogP contribution in [0.1, 0.15) is 22.5 Å². The molecule has 1 N–H and O–H groups in total. The average Bonchev–Trinajstić information content (AvgIpc) is 3.09. The largest absolute Gasteiger partial charge is 0.338 e. The number of carbonyl (C=O) groups excluding carboxylic acids is 2. The van der Waals surface area contributed by atoms with Crippen molar-refractivity contribution in [3.05, 3.63) is 50.2 Å². The van der Waals surface area contributed by atoms with Gasteiger partial charge in [0.1, 0.15) is 0 Å². The Labute approximate surface area is 153 Å². The zero-order chi connectivity index (χ0) is 16.2. The summed E-state index contributed by atoms with van der Waals surface area (Å²) >= 11 is 3.69. The van der Waals surface area contributed by atoms with Gasteiger partial charge in [-0.05, 0) is 65.1 Å². The van der Waals surface area contributed by atoms with E-state index in [4.69, 9.17) is 0 Å². The summed E-state index contributed by atoms with van der Waals surface area (Å²) in [4.78, 5) is 27.3. The van der Waals surface area contributed by atoms with E-state index in [1.54, 1.807) is 0 Å². The number of nitrogens with one attached hydrogen (secondary N) is 1. The molecule has 1 aromatic heterocycles. The molecule has 0 atom stereocenters. The van der Waals surface area contributed by atoms with E-state index >= 15 is 0 Å². The standard InChI is InChI=1S/C17H17IN2O2S/c18-13-3-1-4-14(11-13)19-16(21)12-6-8-20(9-7-12)17(22)15-5-2-10-23-15/h1-5,10-12H,6-9H2,(H,19,21). The van der Waals surface area contributed by atoms with Crippen LogP contribution in [-0.2, 0) is 4.79 Å². The summed E-state index contributed by atoms with van der Waals surface area (Å²) in [6, 6.07) is 11.5. The van der Waals surface area contributed by atoms with Gasteiger partial charge in [0, 0.05) is 28.3 Å². The number of halogens is 1. The van der Waals surface area contributed by atoms with Gasteiger partial charge in [0.2, 0.25) is 5.91 Å². The molecular formula is C17H17IN2O2S. The molecule has 1 fully saturated rings. The Morgan fingerprint density at radius 3 is 2.61 bits per heavy atom. The van der Waals surface area contributed by atoms with Gasteiger partial charge in [-0.25, -0.2) is 0 Å². The van der Waals surface area contributed by atoms with Crippen LogP contribution in [0.4, 0.5) is 5.69 Å². The number of benzene rings is 1. The summed E-state index contributed by atoms with van der Waals surface area (Å²) in [6.07, 6.45) is 1.43. The number of likely N-dealkylation sites (tertiary alicyclic amines) is 1. The molecule has 23 heavy (non-hydrogen) atoms. The van der Waals surface area contributed by atoms with Crippen LogP contribution >= 0.6 is 33.9 Å². The van der Waals surface area contributed by atoms with E-state index in [2.05, 4.69) is 27.9 Å². The smallest absolute Gasteiger partial charge is 0.263 e. The van der Waals surface area contributed by atoms with Crippen molar-refractivity contribution in [3.8, 4) is 0 Å². The third-order valence-corrected chi connectivity index (χ3v) is 5.51. The summed E-state index contributed by atoms with van der Waals surface area (Å²) in [5, 5.41) is 4.89. The highest BCUT2D eigenvalue weighted by Crippen LogP contribution is 2.22. The number of thiophene rings is 1. The molecule has 1 aromatic carbocycles. The maximum absolute atomic E-state index is 12.4. The van der Waals surface area contributed by atoms with Crippen molar-refractivity contribution in [3.63, 3.8) is 0 Å². The quantitative estimate of drug-likeness (QED) is 0.738. The lowest BCUT2D eigenvalue weighted by Crippen LogP contribution is -2.41. The van der Waals surface area contributed by atoms with Crippen LogP contribution in [0.2, 0.25) is 0 Å². The minimum Gasteiger partial charge on any atom is -0.338 e. The van der Waals surface area contributed by atoms with Gasteiger partial charge in [0.05, 0.1) is 4.88 Å². The van der Waals surface area contributed by atoms with E-state index in [1.807, 2.05) is 46.7 Å². The summed E-state index contributed by atoms with van der Waals surface area (Å²) in [7, 11) is 0. The average molecular weight is 440 g/mol. The second kappa shape index (κ2) is 7.44. The minimum absolute atomic E-state index is 0.0275. The Hall–Kier alpha value is -1.41. The Morgan fingerprint density at radius 1 is 1.17 bits per heavy atom. The SMILES string of the molecule is O=C(Nc1cccc(I)c1)C1CCN(C(=O)c2cccs2)CC1. The van der Waals surface area contributed by atoms with E-state index in [1.165, 1.54) is 11.3 Å². The number of hydrogen-bond donors (Lipinski definition) is 1. The van der Waals surface area contributed by atoms with E-state index in [-0.39, 0.29) is 17.7 Å². The van der Waals surface area contributed by atoms with Gasteiger partial charge >= 0.3 is 0 Å². The highest BCUT2D eigenvalue weighted by atomic mass is 127. The first-order chi connectivity index (χ1) is 11.1. The van der Waals surface area contributed by atoms with Crippen LogP contribution in [-0.4, -0.2) is 29.8 Å². The monoisotopic (exact) mass is 440 g/mol. The van der Waals surface area contributed by atoms with Crippen molar-refractivity contribution in [1.82, 2.24) is 4.90 Å². The van der Waals surface area contributed by atoms with E-state index < -0.39 is 0 Å². The van der Waals surface area contributed by atoms with Crippen LogP contribution < -0.4 is 5.32 Å². The summed E-state index contributed by atoms with van der Waals surface area (Å²) in [5.74, 6) is 0.104. The van der Waals surface area contributed by atoms with Crippen molar-refractivity contribution < 1.29 is 9.59 Å². The lowest BCUT2D eigenvalue weighted by Gasteiger charge is -2.31. The second-order valence-corrected chi connectivity index (χ2v) is 7.74. The molecular weight excluding hydrogens is 423 g/mol. The molecule has 2 aromatic rings. The fourth-order valence-electron chi connectivity index (χ4n) is 2.71. The maximum Gasteiger partial charge on any atom is 0.263 e. The summed E-state index contributed by atoms with van der Waals surface area (Å²) < 4.78 is 1.09. The molecule has 4 nitrogen and oxygen atoms in total. The van der Waals surface area contributed by atoms with E-state index in [9.17, 15) is 9.59 Å². The zero-order valence-electron chi connectivity index (χ0n) is 12.5. The first kappa shape index (κ1) is 16.4. The van der Waals surface area contributed by atoms with Crippen molar-refractivity contribution in [2.45, 2.75) is 12.8 Å². The lowest BCUT2D eigenvalue weighted by molar-refractivity contribution is -0.121. The number of anilines is 1. The number of carbonyl (C=O) groups is 2. The molecule has 0 radical (unpaired) electrons. The molecule has 1 saturated heterocycles. The topological polar surface area (TPSA) is 49.4 Å². The molecule has 0 aliphatic carbocycles. The van der Waals surface area contributed by atoms with Crippen molar-refractivity contribution in [2.24, 2.45) is 5.92 Å². The molecule has 3 rings (SSSR count). The van der Waals surface area contributed by atoms with Crippen LogP contribution in [0.15, 0.2) is 41.8 Å². The van der Waals surface area contributed by atoms with Crippen LogP contribution in [0, 0.1) is 9.49 Å². The number of piperidine rings is 1. The van der Waals surface area contributed by atoms with Crippen LogP contribution in [0.3, 0.4) is 0 Å². The van der Waals surface area contributed by atoms with Crippen molar-refractivity contribution in [2.75, 3.05) is 18.4 Å². The number of nitrogens with zero attached hydrogens (tertiary/aromatic N) is 1. The molecule has 0 spiro atoms. The molecule has 1 aliphatic rings. The van der Waals surface area contributed by atoms with E-state index in [0.717, 1.165) is 14.1 Å². The van der Waals surface area contributed by atoms with Crippen molar-refractivity contribution >= 4 is 51.4 Å². The molecule has 1 aliphatic heterocycles. The van der Waals surface area contributed by atoms with Gasteiger partial charge in [-0.3, -0.25) is 9.59 Å². The Morgan fingerprint density at radius 2 is 1.96 bits per heavy atom. The fourth-order valence-corrected chi connectivity index (χ4v) is 3.95. The van der Waals surface area contributed by atoms with Crippen molar-refractivity contribution in [1.29, 1.82) is 0 Å². The summed E-state index contributed by atoms with van der Waals surface area (Å²) in [5.41, 5.74) is 0.832. The molecule has 6 heteroatoms.